The minimum atomic E-state index is -0.361. The van der Waals surface area contributed by atoms with Gasteiger partial charge in [0.1, 0.15) is 30.5 Å². The topological polar surface area (TPSA) is 115 Å². The van der Waals surface area contributed by atoms with Crippen LogP contribution in [0.4, 0.5) is 0 Å². The van der Waals surface area contributed by atoms with Crippen molar-refractivity contribution in [2.24, 2.45) is 21.7 Å². The van der Waals surface area contributed by atoms with Gasteiger partial charge in [0.15, 0.2) is 11.6 Å². The summed E-state index contributed by atoms with van der Waals surface area (Å²) >= 11 is 0. The molecule has 0 amide bonds. The van der Waals surface area contributed by atoms with Gasteiger partial charge in [-0.25, -0.2) is 0 Å². The Morgan fingerprint density at radius 3 is 1.58 bits per heavy atom. The van der Waals surface area contributed by atoms with E-state index in [1.165, 1.54) is 5.56 Å². The number of carbonyl (C=O) groups is 3. The monoisotopic (exact) mass is 983 g/mol. The van der Waals surface area contributed by atoms with E-state index in [-0.39, 0.29) is 57.8 Å². The Morgan fingerprint density at radius 2 is 1.07 bits per heavy atom. The summed E-state index contributed by atoms with van der Waals surface area (Å²) in [5, 5.41) is 4.60. The van der Waals surface area contributed by atoms with Crippen LogP contribution in [0.2, 0.25) is 0 Å². The molecule has 1 heterocycles. The zero-order valence-corrected chi connectivity index (χ0v) is 47.4. The zero-order valence-electron chi connectivity index (χ0n) is 47.4. The lowest BCUT2D eigenvalue weighted by Crippen LogP contribution is -2.24. The summed E-state index contributed by atoms with van der Waals surface area (Å²) < 4.78 is 30.0. The number of nitrogens with zero attached hydrogens (tertiary/aromatic N) is 2. The summed E-state index contributed by atoms with van der Waals surface area (Å²) in [5.41, 5.74) is 5.08. The minimum absolute atomic E-state index is 0.0569. The van der Waals surface area contributed by atoms with Crippen molar-refractivity contribution in [3.8, 4) is 22.8 Å². The number of aromatic nitrogens is 2. The zero-order chi connectivity index (χ0) is 53.7. The molecule has 0 N–H and O–H groups in total. The van der Waals surface area contributed by atoms with Crippen LogP contribution in [-0.4, -0.2) is 72.4 Å². The van der Waals surface area contributed by atoms with Crippen LogP contribution < -0.4 is 4.74 Å². The highest BCUT2D eigenvalue weighted by molar-refractivity contribution is 5.86. The van der Waals surface area contributed by atoms with E-state index in [2.05, 4.69) is 79.5 Å². The molecule has 0 aliphatic carbocycles. The predicted molar refractivity (Wildman–Crippen MR) is 291 cm³/mol. The largest absolute Gasteiger partial charge is 0.457 e. The van der Waals surface area contributed by atoms with Gasteiger partial charge in [-0.3, -0.25) is 19.1 Å². The standard InChI is InChI=1S/C23H30O3.C21H30N2O2.C17H34O3/c1-22(2,3)18-9-13-20(14-10-18)26-19-11-7-17(8-12-19)15-25-16-21(24)23(4,5)6;1-20(2,3)19(24)15-16-7-9-17(10-8-16)18-11-12-23(22-18)13-14-25-21(4,5)6;1-16(2,3)9-12-19-10-7-8-11-20-14-15(18)13-17(4,5)6/h7-14H,15-16H2,1-6H3;7-12H,13-15H2,1-6H3;7-14H2,1-6H3. The fourth-order valence-electron chi connectivity index (χ4n) is 6.34. The van der Waals surface area contributed by atoms with Gasteiger partial charge in [-0.1, -0.05) is 152 Å². The van der Waals surface area contributed by atoms with Crippen LogP contribution in [0.25, 0.3) is 11.3 Å². The first kappa shape index (κ1) is 62.6. The molecule has 0 unspecified atom stereocenters. The average Bonchev–Trinajstić information content (AvgIpc) is 3.71. The quantitative estimate of drug-likeness (QED) is 0.0710. The Balaban J connectivity index is 0.000000369. The smallest absolute Gasteiger partial charge is 0.163 e. The molecular weight excluding hydrogens is 889 g/mol. The molecule has 0 spiro atoms. The second-order valence-corrected chi connectivity index (χ2v) is 25.1. The number of ether oxygens (including phenoxy) is 5. The molecule has 0 radical (unpaired) electrons. The molecule has 3 aromatic carbocycles. The highest BCUT2D eigenvalue weighted by atomic mass is 16.5. The van der Waals surface area contributed by atoms with E-state index in [0.29, 0.717) is 38.1 Å². The van der Waals surface area contributed by atoms with Gasteiger partial charge in [0.05, 0.1) is 31.1 Å². The number of rotatable bonds is 22. The van der Waals surface area contributed by atoms with Crippen LogP contribution in [0, 0.1) is 21.7 Å². The van der Waals surface area contributed by atoms with Gasteiger partial charge in [0.2, 0.25) is 0 Å². The first-order valence-electron chi connectivity index (χ1n) is 25.7. The highest BCUT2D eigenvalue weighted by Gasteiger charge is 2.22. The summed E-state index contributed by atoms with van der Waals surface area (Å²) in [6.07, 6.45) is 6.07. The van der Waals surface area contributed by atoms with E-state index in [1.807, 2.05) is 140 Å². The minimum Gasteiger partial charge on any atom is -0.457 e. The van der Waals surface area contributed by atoms with E-state index < -0.39 is 0 Å². The first-order chi connectivity index (χ1) is 32.7. The number of hydrogen-bond donors (Lipinski definition) is 0. The van der Waals surface area contributed by atoms with Crippen LogP contribution >= 0.6 is 0 Å². The summed E-state index contributed by atoms with van der Waals surface area (Å²) in [5.74, 6) is 2.15. The maximum absolute atomic E-state index is 12.1. The van der Waals surface area contributed by atoms with Gasteiger partial charge in [-0.2, -0.15) is 5.10 Å². The Morgan fingerprint density at radius 1 is 0.535 bits per heavy atom. The van der Waals surface area contributed by atoms with E-state index in [4.69, 9.17) is 23.7 Å². The van der Waals surface area contributed by atoms with Gasteiger partial charge in [0.25, 0.3) is 0 Å². The number of ketones is 3. The van der Waals surface area contributed by atoms with Crippen molar-refractivity contribution in [2.45, 2.75) is 181 Å². The molecule has 0 saturated carbocycles. The Bertz CT molecular complexity index is 2150. The maximum atomic E-state index is 12.1. The molecule has 0 aliphatic heterocycles. The van der Waals surface area contributed by atoms with Gasteiger partial charge in [-0.05, 0) is 103 Å². The molecule has 10 nitrogen and oxygen atoms in total. The lowest BCUT2D eigenvalue weighted by atomic mass is 9.87. The van der Waals surface area contributed by atoms with E-state index in [0.717, 1.165) is 72.9 Å². The normalized spacial score (nSPS) is 12.4. The number of hydrogen-bond acceptors (Lipinski definition) is 9. The molecule has 10 heteroatoms. The van der Waals surface area contributed by atoms with Crippen molar-refractivity contribution in [1.82, 2.24) is 9.78 Å². The van der Waals surface area contributed by atoms with Crippen molar-refractivity contribution < 1.29 is 38.1 Å². The molecule has 0 saturated heterocycles. The van der Waals surface area contributed by atoms with Crippen LogP contribution in [0.5, 0.6) is 11.5 Å². The van der Waals surface area contributed by atoms with E-state index in [9.17, 15) is 14.4 Å². The molecule has 0 fully saturated rings. The lowest BCUT2D eigenvalue weighted by molar-refractivity contribution is -0.131. The number of unbranched alkanes of at least 4 members (excludes halogenated alkanes) is 1. The van der Waals surface area contributed by atoms with Crippen LogP contribution in [0.15, 0.2) is 85.1 Å². The third-order valence-electron chi connectivity index (χ3n) is 11.0. The van der Waals surface area contributed by atoms with Crippen LogP contribution in [-0.2, 0) is 58.3 Å². The van der Waals surface area contributed by atoms with Gasteiger partial charge < -0.3 is 23.7 Å². The lowest BCUT2D eigenvalue weighted by Gasteiger charge is -2.19. The molecule has 71 heavy (non-hydrogen) atoms. The van der Waals surface area contributed by atoms with Gasteiger partial charge in [-0.15, -0.1) is 0 Å². The second kappa shape index (κ2) is 28.7. The highest BCUT2D eigenvalue weighted by Crippen LogP contribution is 2.28. The molecule has 4 rings (SSSR count). The number of Topliss-reactive ketones (excluding diaryl/α,β-unsaturated/α-hetero) is 3. The Hall–Kier alpha value is -4.48. The molecule has 396 valence electrons. The summed E-state index contributed by atoms with van der Waals surface area (Å²) in [6.45, 7) is 41.6. The molecule has 0 bridgehead atoms. The van der Waals surface area contributed by atoms with Crippen molar-refractivity contribution in [1.29, 1.82) is 0 Å². The third kappa shape index (κ3) is 29.0. The second-order valence-electron chi connectivity index (χ2n) is 25.1. The molecule has 0 aliphatic rings. The third-order valence-corrected chi connectivity index (χ3v) is 11.0. The fraction of sp³-hybridized carbons (Fsp3) is 0.607. The SMILES string of the molecule is CC(C)(C)C(=O)COCc1ccc(Oc2ccc(C(C)(C)C)cc2)cc1.CC(C)(C)CCOCCCCOCC(=O)CC(C)(C)C.CC(C)(C)OCCn1ccc(-c2ccc(CC(=O)C(C)(C)C)cc2)n1. The first-order valence-corrected chi connectivity index (χ1v) is 25.7. The Labute approximate surface area is 430 Å². The summed E-state index contributed by atoms with van der Waals surface area (Å²) in [6, 6.07) is 26.0. The van der Waals surface area contributed by atoms with Crippen molar-refractivity contribution in [3.63, 3.8) is 0 Å². The average molecular weight is 983 g/mol. The molecule has 1 aromatic heterocycles. The number of benzene rings is 3. The number of carbonyl (C=O) groups excluding carboxylic acids is 3. The molecule has 0 atom stereocenters. The van der Waals surface area contributed by atoms with Gasteiger partial charge in [0, 0.05) is 55.3 Å². The summed E-state index contributed by atoms with van der Waals surface area (Å²) in [7, 11) is 0. The maximum Gasteiger partial charge on any atom is 0.163 e. The van der Waals surface area contributed by atoms with E-state index in [1.54, 1.807) is 0 Å². The van der Waals surface area contributed by atoms with Crippen molar-refractivity contribution >= 4 is 17.3 Å². The Kier molecular flexibility index (Phi) is 25.3. The van der Waals surface area contributed by atoms with Crippen molar-refractivity contribution in [2.75, 3.05) is 39.6 Å². The summed E-state index contributed by atoms with van der Waals surface area (Å²) in [4.78, 5) is 35.6. The fourth-order valence-corrected chi connectivity index (χ4v) is 6.34. The van der Waals surface area contributed by atoms with E-state index >= 15 is 0 Å². The van der Waals surface area contributed by atoms with Crippen LogP contribution in [0.3, 0.4) is 0 Å². The molecular formula is C61H94N2O8. The van der Waals surface area contributed by atoms with Crippen molar-refractivity contribution in [3.05, 3.63) is 102 Å². The molecule has 4 aromatic rings. The predicted octanol–water partition coefficient (Wildman–Crippen LogP) is 14.7. The van der Waals surface area contributed by atoms with Gasteiger partial charge >= 0.3 is 0 Å². The van der Waals surface area contributed by atoms with Crippen LogP contribution in [0.1, 0.15) is 167 Å².